The van der Waals surface area contributed by atoms with Gasteiger partial charge in [-0.1, -0.05) is 18.2 Å². The summed E-state index contributed by atoms with van der Waals surface area (Å²) in [5, 5.41) is 6.21. The lowest BCUT2D eigenvalue weighted by Crippen LogP contribution is -2.32. The van der Waals surface area contributed by atoms with Crippen molar-refractivity contribution in [1.29, 1.82) is 0 Å². The molecule has 0 bridgehead atoms. The molecule has 2 N–H and O–H groups in total. The van der Waals surface area contributed by atoms with Crippen LogP contribution in [0, 0.1) is 29.5 Å². The van der Waals surface area contributed by atoms with Gasteiger partial charge in [-0.15, -0.1) is 0 Å². The topological polar surface area (TPSA) is 66.4 Å². The predicted octanol–water partition coefficient (Wildman–Crippen LogP) is 4.36. The maximum absolute atomic E-state index is 14.7. The molecule has 0 unspecified atom stereocenters. The molecule has 3 saturated carbocycles. The number of hydrogen-bond acceptors (Lipinski definition) is 4. The van der Waals surface area contributed by atoms with Crippen LogP contribution in [0.1, 0.15) is 66.2 Å². The fourth-order valence-corrected chi connectivity index (χ4v) is 6.21. The summed E-state index contributed by atoms with van der Waals surface area (Å²) in [6, 6.07) is 4.81. The third kappa shape index (κ3) is 4.21. The van der Waals surface area contributed by atoms with Gasteiger partial charge in [-0.2, -0.15) is 0 Å². The molecule has 6 atom stereocenters. The number of halogens is 3. The molecule has 9 heteroatoms. The number of nitrogens with zero attached hydrogens (tertiary/aromatic N) is 2. The van der Waals surface area contributed by atoms with E-state index in [1.54, 1.807) is 17.7 Å². The molecule has 1 saturated heterocycles. The number of nitrogens with one attached hydrogen (secondary N) is 2. The van der Waals surface area contributed by atoms with Crippen molar-refractivity contribution < 1.29 is 18.0 Å². The van der Waals surface area contributed by atoms with E-state index in [-0.39, 0.29) is 23.2 Å². The highest BCUT2D eigenvalue weighted by Gasteiger charge is 2.55. The Morgan fingerprint density at radius 1 is 1.11 bits per heavy atom. The maximum atomic E-state index is 14.7. The summed E-state index contributed by atoms with van der Waals surface area (Å²) in [4.78, 5) is 28.8. The normalized spacial score (nSPS) is 29.7. The van der Waals surface area contributed by atoms with Crippen LogP contribution in [0.5, 0.6) is 0 Å². The third-order valence-electron chi connectivity index (χ3n) is 8.52. The Morgan fingerprint density at radius 2 is 1.81 bits per heavy atom. The summed E-state index contributed by atoms with van der Waals surface area (Å²) in [5.74, 6) is 0.656. The van der Waals surface area contributed by atoms with Crippen molar-refractivity contribution in [2.75, 3.05) is 25.5 Å². The Kier molecular flexibility index (Phi) is 5.66. The quantitative estimate of drug-likeness (QED) is 0.566. The summed E-state index contributed by atoms with van der Waals surface area (Å²) >= 11 is 0. The number of rotatable bonds is 8. The van der Waals surface area contributed by atoms with Crippen molar-refractivity contribution in [2.45, 2.75) is 50.7 Å². The average Bonchev–Trinajstić information content (AvgIpc) is 3.73. The zero-order valence-electron chi connectivity index (χ0n) is 20.4. The van der Waals surface area contributed by atoms with Crippen molar-refractivity contribution in [2.24, 2.45) is 23.7 Å². The van der Waals surface area contributed by atoms with Crippen molar-refractivity contribution in [3.05, 3.63) is 63.3 Å². The molecule has 1 aliphatic heterocycles. The zero-order valence-corrected chi connectivity index (χ0v) is 20.4. The molecule has 192 valence electrons. The highest BCUT2D eigenvalue weighted by atomic mass is 19.3. The van der Waals surface area contributed by atoms with Crippen LogP contribution in [-0.4, -0.2) is 41.6 Å². The number of pyridine rings is 1. The first-order chi connectivity index (χ1) is 17.2. The van der Waals surface area contributed by atoms with E-state index in [1.807, 2.05) is 0 Å². The number of anilines is 1. The molecule has 0 spiro atoms. The van der Waals surface area contributed by atoms with E-state index in [2.05, 4.69) is 22.6 Å². The molecule has 4 aliphatic rings. The van der Waals surface area contributed by atoms with Crippen molar-refractivity contribution >= 4 is 11.6 Å². The smallest absolute Gasteiger partial charge is 0.266 e. The standard InChI is InChI=1S/C27H31F3N4O2/c1-13(15-4-3-5-16(24(15)28)26(29)30)31-27(36)20-12-34(22-8-17(22)14-6-7-14)23(35)9-21(20)32-25-18-10-33(2)11-19(18)25/h3-5,9,12-14,17-19,22,25-26,32H,6-8,10-11H2,1-2H3,(H,31,36)/t13-,17+,18-,19+,22-,25-/m1/s1. The second-order valence-corrected chi connectivity index (χ2v) is 11.1. The van der Waals surface area contributed by atoms with Gasteiger partial charge in [-0.25, -0.2) is 13.2 Å². The van der Waals surface area contributed by atoms with Crippen LogP contribution < -0.4 is 16.2 Å². The summed E-state index contributed by atoms with van der Waals surface area (Å²) < 4.78 is 42.8. The van der Waals surface area contributed by atoms with Crippen molar-refractivity contribution in [3.8, 4) is 0 Å². The molecule has 4 fully saturated rings. The highest BCUT2D eigenvalue weighted by Crippen LogP contribution is 2.56. The molecule has 0 radical (unpaired) electrons. The highest BCUT2D eigenvalue weighted by molar-refractivity contribution is 5.99. The molecular formula is C27H31F3N4O2. The largest absolute Gasteiger partial charge is 0.381 e. The third-order valence-corrected chi connectivity index (χ3v) is 8.52. The Bertz CT molecular complexity index is 1250. The van der Waals surface area contributed by atoms with Gasteiger partial charge in [-0.3, -0.25) is 9.59 Å². The first-order valence-electron chi connectivity index (χ1n) is 12.8. The number of benzene rings is 1. The number of likely N-dealkylation sites (tertiary alicyclic amines) is 1. The molecule has 1 aromatic heterocycles. The minimum atomic E-state index is -2.94. The van der Waals surface area contributed by atoms with Gasteiger partial charge in [0.1, 0.15) is 5.82 Å². The van der Waals surface area contributed by atoms with E-state index in [1.165, 1.54) is 31.0 Å². The number of aromatic nitrogens is 1. The number of alkyl halides is 2. The first kappa shape index (κ1) is 23.6. The van der Waals surface area contributed by atoms with E-state index in [0.717, 1.165) is 25.6 Å². The number of piperidine rings is 1. The van der Waals surface area contributed by atoms with Crippen molar-refractivity contribution in [1.82, 2.24) is 14.8 Å². The Labute approximate surface area is 207 Å². The summed E-state index contributed by atoms with van der Waals surface area (Å²) in [5.41, 5.74) is -0.0109. The van der Waals surface area contributed by atoms with Crippen LogP contribution in [0.4, 0.5) is 18.9 Å². The second kappa shape index (κ2) is 8.64. The Balaban J connectivity index is 1.27. The number of fused-ring (bicyclic) bond motifs is 1. The number of carbonyl (C=O) groups is 1. The van der Waals surface area contributed by atoms with Gasteiger partial charge in [0, 0.05) is 43.0 Å². The molecule has 2 heterocycles. The lowest BCUT2D eigenvalue weighted by Gasteiger charge is -2.20. The summed E-state index contributed by atoms with van der Waals surface area (Å²) in [6.45, 7) is 3.52. The number of carbonyl (C=O) groups excluding carboxylic acids is 1. The van der Waals surface area contributed by atoms with E-state index in [4.69, 9.17) is 0 Å². The van der Waals surface area contributed by atoms with Gasteiger partial charge in [0.15, 0.2) is 0 Å². The maximum Gasteiger partial charge on any atom is 0.266 e. The minimum Gasteiger partial charge on any atom is -0.381 e. The van der Waals surface area contributed by atoms with Gasteiger partial charge in [0.05, 0.1) is 22.9 Å². The van der Waals surface area contributed by atoms with Crippen LogP contribution in [0.3, 0.4) is 0 Å². The van der Waals surface area contributed by atoms with Gasteiger partial charge < -0.3 is 20.1 Å². The molecular weight excluding hydrogens is 469 g/mol. The Hall–Kier alpha value is -2.81. The lowest BCUT2D eigenvalue weighted by molar-refractivity contribution is 0.0939. The van der Waals surface area contributed by atoms with Gasteiger partial charge in [0.2, 0.25) is 0 Å². The molecule has 6 rings (SSSR count). The monoisotopic (exact) mass is 500 g/mol. The van der Waals surface area contributed by atoms with Crippen molar-refractivity contribution in [3.63, 3.8) is 0 Å². The van der Waals surface area contributed by atoms with Crippen LogP contribution in [0.25, 0.3) is 0 Å². The van der Waals surface area contributed by atoms with E-state index < -0.39 is 29.8 Å². The molecule has 1 aromatic carbocycles. The summed E-state index contributed by atoms with van der Waals surface area (Å²) in [6.07, 6.45) is 2.03. The van der Waals surface area contributed by atoms with Gasteiger partial charge in [-0.05, 0) is 56.9 Å². The van der Waals surface area contributed by atoms with E-state index in [0.29, 0.717) is 34.9 Å². The van der Waals surface area contributed by atoms with Gasteiger partial charge in [0.25, 0.3) is 17.9 Å². The molecule has 1 amide bonds. The number of hydrogen-bond donors (Lipinski definition) is 2. The van der Waals surface area contributed by atoms with Crippen LogP contribution in [0.2, 0.25) is 0 Å². The second-order valence-electron chi connectivity index (χ2n) is 11.1. The fraction of sp³-hybridized carbons (Fsp3) is 0.556. The van der Waals surface area contributed by atoms with E-state index >= 15 is 0 Å². The predicted molar refractivity (Wildman–Crippen MR) is 130 cm³/mol. The first-order valence-corrected chi connectivity index (χ1v) is 12.8. The lowest BCUT2D eigenvalue weighted by atomic mass is 10.0. The van der Waals surface area contributed by atoms with Crippen LogP contribution in [0.15, 0.2) is 35.3 Å². The SMILES string of the molecule is C[C@@H](NC(=O)c1cn([C@@H]2C[C@H]2C2CC2)c(=O)cc1N[C@@H]1[C@@H]2CN(C)C[C@@H]21)c1cccc(C(F)F)c1F. The Morgan fingerprint density at radius 3 is 2.47 bits per heavy atom. The van der Waals surface area contributed by atoms with Crippen LogP contribution >= 0.6 is 0 Å². The molecule has 36 heavy (non-hydrogen) atoms. The molecule has 2 aromatic rings. The van der Waals surface area contributed by atoms with E-state index in [9.17, 15) is 22.8 Å². The summed E-state index contributed by atoms with van der Waals surface area (Å²) in [7, 11) is 2.08. The average molecular weight is 501 g/mol. The van der Waals surface area contributed by atoms with Gasteiger partial charge >= 0.3 is 0 Å². The van der Waals surface area contributed by atoms with Crippen LogP contribution in [-0.2, 0) is 0 Å². The molecule has 3 aliphatic carbocycles. The minimum absolute atomic E-state index is 0.000247. The fourth-order valence-electron chi connectivity index (χ4n) is 6.21. The zero-order chi connectivity index (χ0) is 25.3. The molecule has 6 nitrogen and oxygen atoms in total. The number of amides is 1.